The van der Waals surface area contributed by atoms with Crippen molar-refractivity contribution in [3.63, 3.8) is 0 Å². The van der Waals surface area contributed by atoms with Crippen molar-refractivity contribution in [2.45, 2.75) is 197 Å². The minimum Gasteiger partial charge on any atom is -0.493 e. The average Bonchev–Trinajstić information content (AvgIpc) is 0.849. The Hall–Kier alpha value is -12.0. The van der Waals surface area contributed by atoms with E-state index in [1.165, 1.54) is 55.2 Å². The summed E-state index contributed by atoms with van der Waals surface area (Å²) < 4.78 is 108. The number of rotatable bonds is 58. The van der Waals surface area contributed by atoms with E-state index in [1.807, 2.05) is 212 Å². The number of hydrogen-bond donors (Lipinski definition) is 0. The Kier molecular flexibility index (Phi) is 42.1. The predicted octanol–water partition coefficient (Wildman–Crippen LogP) is 33.4. The van der Waals surface area contributed by atoms with Crippen molar-refractivity contribution in [1.82, 2.24) is 0 Å². The van der Waals surface area contributed by atoms with Gasteiger partial charge in [0.05, 0.1) is 63.0 Å². The first-order valence-corrected chi connectivity index (χ1v) is 53.8. The van der Waals surface area contributed by atoms with Crippen LogP contribution in [0.25, 0.3) is 11.1 Å². The second-order valence-corrected chi connectivity index (χ2v) is 41.5. The lowest BCUT2D eigenvalue weighted by Crippen LogP contribution is -2.10. The maximum Gasteiger partial charge on any atom is 0.138 e. The Balaban J connectivity index is 0.644. The fraction of sp³-hybridized carbons (Fsp3) is 0.280. The standard InChI is InChI=1S/C125H127Br3ClIO16/c1-7-8-9-10-11-12-13-19-50-137-119-67-101(68-120(123(119)128)144-81-94-29-21-32-108(127)57-94)84-143-118-65-99(63-114(72-118)135-52-23-51-134-113-61-98(77-132-74-90-26-15-14-16-27-90)62-116(71-113)142-80-93-28-20-24-88(2)55-93)82-138-110-46-38-103(39-47-110)104-40-48-111(49-41-104)139-83-102-69-121(145-85-97-56-96(76-133-75-95-30-22-33-109(129)58-95)59-112(60-97)140-78-91-34-42-106(43-35-91)125(4,5)6)124(130)122(70-102)146-86-100-64-115(136-54-53-131-87-105-31-18-17-25-89(105)3)73-117(66-100)141-79-92-36-44-107(126)45-37-92/h14-18,20-22,24-49,55-73H,7-13,19,23,50-54,74-87H2,1-6H3. The van der Waals surface area contributed by atoms with Crippen molar-refractivity contribution in [2.24, 2.45) is 0 Å². The second-order valence-electron chi connectivity index (χ2n) is 37.4. The lowest BCUT2D eigenvalue weighted by atomic mass is 9.87. The number of ether oxygens (including phenoxy) is 16. The Morgan fingerprint density at radius 1 is 0.253 bits per heavy atom. The molecule has 0 unspecified atom stereocenters. The van der Waals surface area contributed by atoms with E-state index in [9.17, 15) is 0 Å². The third-order valence-electron chi connectivity index (χ3n) is 24.2. The summed E-state index contributed by atoms with van der Waals surface area (Å²) in [7, 11) is 0. The van der Waals surface area contributed by atoms with Crippen molar-refractivity contribution in [3.05, 3.63) is 438 Å². The van der Waals surface area contributed by atoms with E-state index in [4.69, 9.17) is 87.4 Å². The molecule has 0 bridgehead atoms. The number of halogens is 5. The molecule has 0 aliphatic heterocycles. The molecule has 0 saturated heterocycles. The van der Waals surface area contributed by atoms with Crippen LogP contribution in [0.4, 0.5) is 0 Å². The summed E-state index contributed by atoms with van der Waals surface area (Å²) in [4.78, 5) is 0. The predicted molar refractivity (Wildman–Crippen MR) is 599 cm³/mol. The molecule has 21 heteroatoms. The van der Waals surface area contributed by atoms with E-state index in [1.54, 1.807) is 0 Å². The molecule has 0 spiro atoms. The van der Waals surface area contributed by atoms with Crippen molar-refractivity contribution < 1.29 is 75.8 Å². The highest BCUT2D eigenvalue weighted by atomic mass is 127. The summed E-state index contributed by atoms with van der Waals surface area (Å²) in [5.74, 6) is 8.42. The minimum atomic E-state index is 0.0188. The summed E-state index contributed by atoms with van der Waals surface area (Å²) in [5.41, 5.74) is 19.1. The topological polar surface area (TPSA) is 148 Å². The summed E-state index contributed by atoms with van der Waals surface area (Å²) in [6.07, 6.45) is 10.2. The van der Waals surface area contributed by atoms with Crippen LogP contribution in [-0.2, 0) is 112 Å². The third-order valence-corrected chi connectivity index (χ3v) is 27.3. The molecule has 758 valence electrons. The zero-order valence-corrected chi connectivity index (χ0v) is 91.5. The molecule has 0 heterocycles. The molecule has 0 aromatic heterocycles. The normalized spacial score (nSPS) is 11.3. The van der Waals surface area contributed by atoms with Gasteiger partial charge in [-0.25, -0.2) is 0 Å². The molecule has 15 rings (SSSR count). The molecule has 0 N–H and O–H groups in total. The Labute approximate surface area is 904 Å². The smallest absolute Gasteiger partial charge is 0.138 e. The molecular formula is C125H127Br3ClIO16. The van der Waals surface area contributed by atoms with Crippen molar-refractivity contribution in [3.8, 4) is 85.9 Å². The molecular weight excluding hydrogens is 2160 g/mol. The van der Waals surface area contributed by atoms with Gasteiger partial charge < -0.3 is 75.8 Å². The maximum absolute atomic E-state index is 6.94. The molecule has 146 heavy (non-hydrogen) atoms. The Morgan fingerprint density at radius 2 is 0.637 bits per heavy atom. The van der Waals surface area contributed by atoms with Crippen LogP contribution in [0, 0.1) is 17.4 Å². The molecule has 0 radical (unpaired) electrons. The van der Waals surface area contributed by atoms with E-state index >= 15 is 0 Å². The SMILES string of the molecule is CCCCCCCCCCOc1cc(COc2cc(COc3ccc(-c4ccc(OCc5cc(OCc6cc(COCc7cccc(Cl)c7)cc(OCc7ccc(C(C)(C)C)cc7)c6)c(I)c(OCc6cc(OCCOCc7ccccc7C)cc(OCc7ccc(Br)cc7)c6)c5)cc4)cc3)cc(OCCCOc3cc(COCc4ccccc4)cc(OCc4cccc(C)c4)c3)c2)cc(OCc2cccc(Br)c2)c1Br. The van der Waals surface area contributed by atoms with Gasteiger partial charge in [0.2, 0.25) is 0 Å². The van der Waals surface area contributed by atoms with Crippen LogP contribution in [0.2, 0.25) is 5.02 Å². The van der Waals surface area contributed by atoms with Gasteiger partial charge in [-0.05, 0) is 304 Å². The van der Waals surface area contributed by atoms with E-state index in [2.05, 4.69) is 221 Å². The average molecular weight is 2290 g/mol. The largest absolute Gasteiger partial charge is 0.493 e. The molecule has 0 aliphatic rings. The van der Waals surface area contributed by atoms with E-state index in [0.717, 1.165) is 119 Å². The summed E-state index contributed by atoms with van der Waals surface area (Å²) in [5, 5.41) is 0.654. The summed E-state index contributed by atoms with van der Waals surface area (Å²) in [6, 6.07) is 107. The second kappa shape index (κ2) is 56.8. The van der Waals surface area contributed by atoms with Gasteiger partial charge in [0.25, 0.3) is 0 Å². The first-order chi connectivity index (χ1) is 71.2. The van der Waals surface area contributed by atoms with E-state index in [-0.39, 0.29) is 38.4 Å². The van der Waals surface area contributed by atoms with Crippen molar-refractivity contribution in [2.75, 3.05) is 33.0 Å². The Bertz CT molecular complexity index is 6620. The first kappa shape index (κ1) is 108. The zero-order valence-electron chi connectivity index (χ0n) is 83.8. The van der Waals surface area contributed by atoms with Gasteiger partial charge in [0, 0.05) is 38.6 Å². The van der Waals surface area contributed by atoms with E-state index < -0.39 is 0 Å². The van der Waals surface area contributed by atoms with Crippen LogP contribution in [0.3, 0.4) is 0 Å². The van der Waals surface area contributed by atoms with Crippen LogP contribution in [0.1, 0.15) is 180 Å². The zero-order chi connectivity index (χ0) is 101. The number of aryl methyl sites for hydroxylation is 2. The van der Waals surface area contributed by atoms with Gasteiger partial charge in [0.1, 0.15) is 145 Å². The van der Waals surface area contributed by atoms with Gasteiger partial charge in [0.15, 0.2) is 0 Å². The minimum absolute atomic E-state index is 0.0188. The van der Waals surface area contributed by atoms with Crippen LogP contribution in [-0.4, -0.2) is 33.0 Å². The van der Waals surface area contributed by atoms with Gasteiger partial charge in [-0.2, -0.15) is 0 Å². The molecule has 0 saturated carbocycles. The highest BCUT2D eigenvalue weighted by molar-refractivity contribution is 14.1. The van der Waals surface area contributed by atoms with Gasteiger partial charge >= 0.3 is 0 Å². The van der Waals surface area contributed by atoms with Gasteiger partial charge in [-0.15, -0.1) is 0 Å². The molecule has 15 aromatic rings. The Morgan fingerprint density at radius 3 is 1.18 bits per heavy atom. The quantitative estimate of drug-likeness (QED) is 0.0263. The van der Waals surface area contributed by atoms with Gasteiger partial charge in [-0.3, -0.25) is 0 Å². The third kappa shape index (κ3) is 36.0. The monoisotopic (exact) mass is 2280 g/mol. The molecule has 0 amide bonds. The van der Waals surface area contributed by atoms with Crippen LogP contribution >= 0.6 is 82.0 Å². The highest BCUT2D eigenvalue weighted by Gasteiger charge is 2.21. The summed E-state index contributed by atoms with van der Waals surface area (Å²) in [6.45, 7) is 19.6. The lowest BCUT2D eigenvalue weighted by molar-refractivity contribution is 0.0884. The summed E-state index contributed by atoms with van der Waals surface area (Å²) >= 11 is 19.8. The lowest BCUT2D eigenvalue weighted by Gasteiger charge is -2.19. The molecule has 16 nitrogen and oxygen atoms in total. The molecule has 0 aliphatic carbocycles. The van der Waals surface area contributed by atoms with E-state index in [0.29, 0.717) is 179 Å². The highest BCUT2D eigenvalue weighted by Crippen LogP contribution is 2.41. The van der Waals surface area contributed by atoms with Gasteiger partial charge in [-0.1, -0.05) is 285 Å². The first-order valence-electron chi connectivity index (χ1n) is 50.0. The van der Waals surface area contributed by atoms with Crippen LogP contribution < -0.4 is 61.6 Å². The number of unbranched alkanes of at least 4 members (excludes halogenated alkanes) is 7. The van der Waals surface area contributed by atoms with Crippen LogP contribution in [0.15, 0.2) is 335 Å². The maximum atomic E-state index is 6.94. The van der Waals surface area contributed by atoms with Crippen molar-refractivity contribution in [1.29, 1.82) is 0 Å². The van der Waals surface area contributed by atoms with Crippen molar-refractivity contribution >= 4 is 82.0 Å². The molecule has 15 aromatic carbocycles. The van der Waals surface area contributed by atoms with Crippen LogP contribution in [0.5, 0.6) is 74.7 Å². The molecule has 0 atom stereocenters. The number of hydrogen-bond acceptors (Lipinski definition) is 16. The molecule has 0 fully saturated rings. The fourth-order valence-electron chi connectivity index (χ4n) is 16.3. The fourth-order valence-corrected chi connectivity index (χ4v) is 18.3. The number of benzene rings is 15.